The van der Waals surface area contributed by atoms with Crippen LogP contribution in [0, 0.1) is 5.92 Å². The van der Waals surface area contributed by atoms with Gasteiger partial charge in [-0.1, -0.05) is 103 Å². The first-order valence-corrected chi connectivity index (χ1v) is 12.4. The van der Waals surface area contributed by atoms with Crippen molar-refractivity contribution in [3.63, 3.8) is 0 Å². The number of benzene rings is 4. The van der Waals surface area contributed by atoms with E-state index in [1.165, 1.54) is 50.4 Å². The summed E-state index contributed by atoms with van der Waals surface area (Å²) in [4.78, 5) is 5.16. The molecule has 0 aromatic heterocycles. The van der Waals surface area contributed by atoms with Crippen LogP contribution in [0.2, 0.25) is 0 Å². The lowest BCUT2D eigenvalue weighted by Crippen LogP contribution is -2.51. The zero-order valence-electron chi connectivity index (χ0n) is 19.3. The van der Waals surface area contributed by atoms with Crippen LogP contribution in [0.1, 0.15) is 0 Å². The SMILES string of the molecule is C1=CC2C3=C(B4c5ccccc5-c5cccc(c54)N3c3ccccc3)N(c3ccccc3)C2C=C1. The maximum atomic E-state index is 2.61. The molecule has 2 atom stereocenters. The van der Waals surface area contributed by atoms with Gasteiger partial charge in [-0.05, 0) is 46.9 Å². The highest BCUT2D eigenvalue weighted by Gasteiger charge is 2.53. The molecular formula is C32H23BN2. The van der Waals surface area contributed by atoms with Gasteiger partial charge in [-0.2, -0.15) is 0 Å². The van der Waals surface area contributed by atoms with E-state index in [0.717, 1.165) is 0 Å². The summed E-state index contributed by atoms with van der Waals surface area (Å²) in [7, 11) is 0. The minimum Gasteiger partial charge on any atom is -0.343 e. The average molecular weight is 446 g/mol. The van der Waals surface area contributed by atoms with Crippen LogP contribution in [-0.4, -0.2) is 12.8 Å². The van der Waals surface area contributed by atoms with Gasteiger partial charge < -0.3 is 9.80 Å². The lowest BCUT2D eigenvalue weighted by Gasteiger charge is -2.38. The maximum Gasteiger partial charge on any atom is 0.268 e. The van der Waals surface area contributed by atoms with E-state index < -0.39 is 0 Å². The molecule has 1 aliphatic carbocycles. The average Bonchev–Trinajstić information content (AvgIpc) is 3.45. The summed E-state index contributed by atoms with van der Waals surface area (Å²) in [6.45, 7) is 0.222. The Kier molecular flexibility index (Phi) is 3.89. The number of hydrogen-bond donors (Lipinski definition) is 0. The molecule has 3 aliphatic heterocycles. The van der Waals surface area contributed by atoms with Crippen LogP contribution in [0.25, 0.3) is 11.1 Å². The molecule has 0 fully saturated rings. The summed E-state index contributed by atoms with van der Waals surface area (Å²) in [6.07, 6.45) is 9.21. The molecule has 0 saturated heterocycles. The van der Waals surface area contributed by atoms with Gasteiger partial charge in [-0.3, -0.25) is 0 Å². The van der Waals surface area contributed by atoms with E-state index in [1.807, 2.05) is 0 Å². The molecule has 164 valence electrons. The lowest BCUT2D eigenvalue weighted by atomic mass is 9.38. The van der Waals surface area contributed by atoms with Crippen molar-refractivity contribution in [1.29, 1.82) is 0 Å². The summed E-state index contributed by atoms with van der Waals surface area (Å²) in [5, 5.41) is 0. The molecule has 35 heavy (non-hydrogen) atoms. The number of hydrogen-bond acceptors (Lipinski definition) is 2. The third-order valence-electron chi connectivity index (χ3n) is 7.98. The van der Waals surface area contributed by atoms with Crippen LogP contribution in [0.5, 0.6) is 0 Å². The monoisotopic (exact) mass is 446 g/mol. The Bertz CT molecular complexity index is 1570. The highest BCUT2D eigenvalue weighted by molar-refractivity contribution is 6.96. The highest BCUT2D eigenvalue weighted by Crippen LogP contribution is 2.50. The smallest absolute Gasteiger partial charge is 0.268 e. The second-order valence-corrected chi connectivity index (χ2v) is 9.69. The first-order chi connectivity index (χ1) is 17.4. The van der Waals surface area contributed by atoms with Crippen molar-refractivity contribution in [2.45, 2.75) is 6.04 Å². The fraction of sp³-hybridized carbons (Fsp3) is 0.0625. The van der Waals surface area contributed by atoms with E-state index in [2.05, 4.69) is 137 Å². The van der Waals surface area contributed by atoms with E-state index in [4.69, 9.17) is 0 Å². The molecular weight excluding hydrogens is 423 g/mol. The molecule has 4 aromatic carbocycles. The number of fused-ring (bicyclic) bond motifs is 6. The first-order valence-electron chi connectivity index (χ1n) is 12.4. The predicted molar refractivity (Wildman–Crippen MR) is 147 cm³/mol. The molecule has 2 nitrogen and oxygen atoms in total. The summed E-state index contributed by atoms with van der Waals surface area (Å²) >= 11 is 0. The third kappa shape index (κ3) is 2.50. The quantitative estimate of drug-likeness (QED) is 0.359. The first kappa shape index (κ1) is 19.1. The van der Waals surface area contributed by atoms with Crippen LogP contribution < -0.4 is 20.7 Å². The van der Waals surface area contributed by atoms with E-state index in [0.29, 0.717) is 0 Å². The summed E-state index contributed by atoms with van der Waals surface area (Å²) in [5.74, 6) is 0.278. The van der Waals surface area contributed by atoms with Crippen molar-refractivity contribution in [3.05, 3.63) is 139 Å². The molecule has 0 bridgehead atoms. The number of para-hydroxylation sites is 2. The number of allylic oxidation sites excluding steroid dienone is 2. The second-order valence-electron chi connectivity index (χ2n) is 9.69. The van der Waals surface area contributed by atoms with Gasteiger partial charge in [0.15, 0.2) is 0 Å². The van der Waals surface area contributed by atoms with Crippen molar-refractivity contribution in [1.82, 2.24) is 0 Å². The van der Waals surface area contributed by atoms with Gasteiger partial charge in [0, 0.05) is 34.3 Å². The number of anilines is 3. The van der Waals surface area contributed by atoms with Crippen molar-refractivity contribution in [2.75, 3.05) is 9.80 Å². The van der Waals surface area contributed by atoms with Crippen molar-refractivity contribution < 1.29 is 0 Å². The fourth-order valence-corrected chi connectivity index (χ4v) is 6.70. The van der Waals surface area contributed by atoms with Crippen molar-refractivity contribution >= 4 is 34.7 Å². The fourth-order valence-electron chi connectivity index (χ4n) is 6.70. The Balaban J connectivity index is 1.49. The van der Waals surface area contributed by atoms with Gasteiger partial charge in [0.25, 0.3) is 6.71 Å². The summed E-state index contributed by atoms with van der Waals surface area (Å²) in [5.41, 5.74) is 12.2. The highest BCUT2D eigenvalue weighted by atomic mass is 15.3. The minimum atomic E-state index is 0.222. The standard InChI is InChI=1S/C32H23BN2/c1-3-12-22(13-4-1)34-29-21-11-18-25-24-16-7-9-19-27(24)33(30(25)29)32-31(34)26-17-8-10-20-28(26)35(32)23-14-5-2-6-15-23/h1-21,26,28H. The molecule has 4 aromatic rings. The zero-order valence-corrected chi connectivity index (χ0v) is 19.3. The summed E-state index contributed by atoms with van der Waals surface area (Å²) < 4.78 is 0. The molecule has 0 spiro atoms. The van der Waals surface area contributed by atoms with Gasteiger partial charge in [-0.15, -0.1) is 0 Å². The summed E-state index contributed by atoms with van der Waals surface area (Å²) in [6, 6.07) is 37.9. The normalized spacial score (nSPS) is 20.6. The van der Waals surface area contributed by atoms with Gasteiger partial charge in [0.1, 0.15) is 0 Å². The van der Waals surface area contributed by atoms with Crippen LogP contribution >= 0.6 is 0 Å². The lowest BCUT2D eigenvalue weighted by molar-refractivity contribution is 0.670. The van der Waals surface area contributed by atoms with Gasteiger partial charge in [-0.25, -0.2) is 0 Å². The third-order valence-corrected chi connectivity index (χ3v) is 7.98. The van der Waals surface area contributed by atoms with Crippen LogP contribution in [-0.2, 0) is 0 Å². The Labute approximate surface area is 206 Å². The van der Waals surface area contributed by atoms with E-state index in [-0.39, 0.29) is 18.7 Å². The molecule has 0 saturated carbocycles. The molecule has 3 heteroatoms. The van der Waals surface area contributed by atoms with Gasteiger partial charge in [0.05, 0.1) is 6.04 Å². The Hall–Kier alpha value is -4.24. The number of rotatable bonds is 2. The van der Waals surface area contributed by atoms with Crippen molar-refractivity contribution in [3.8, 4) is 11.1 Å². The second kappa shape index (κ2) is 7.13. The molecule has 4 aliphatic rings. The van der Waals surface area contributed by atoms with E-state index in [1.54, 1.807) is 0 Å². The van der Waals surface area contributed by atoms with Crippen LogP contribution in [0.15, 0.2) is 139 Å². The van der Waals surface area contributed by atoms with Crippen LogP contribution in [0.3, 0.4) is 0 Å². The molecule has 0 radical (unpaired) electrons. The zero-order chi connectivity index (χ0) is 22.9. The minimum absolute atomic E-state index is 0.222. The Morgan fingerprint density at radius 1 is 0.600 bits per heavy atom. The van der Waals surface area contributed by atoms with Gasteiger partial charge in [0.2, 0.25) is 0 Å². The van der Waals surface area contributed by atoms with E-state index >= 15 is 0 Å². The molecule has 3 heterocycles. The molecule has 8 rings (SSSR count). The maximum absolute atomic E-state index is 2.61. The largest absolute Gasteiger partial charge is 0.343 e. The topological polar surface area (TPSA) is 6.48 Å². The molecule has 0 N–H and O–H groups in total. The predicted octanol–water partition coefficient (Wildman–Crippen LogP) is 5.81. The number of nitrogens with zero attached hydrogens (tertiary/aromatic N) is 2. The van der Waals surface area contributed by atoms with Gasteiger partial charge >= 0.3 is 0 Å². The Morgan fingerprint density at radius 3 is 2.11 bits per heavy atom. The van der Waals surface area contributed by atoms with E-state index in [9.17, 15) is 0 Å². The van der Waals surface area contributed by atoms with Crippen LogP contribution in [0.4, 0.5) is 17.1 Å². The Morgan fingerprint density at radius 2 is 1.29 bits per heavy atom. The molecule has 0 amide bonds. The van der Waals surface area contributed by atoms with Crippen molar-refractivity contribution in [2.24, 2.45) is 5.92 Å². The molecule has 2 unspecified atom stereocenters.